The molecule has 0 spiro atoms. The summed E-state index contributed by atoms with van der Waals surface area (Å²) in [7, 11) is 0. The fourth-order valence-electron chi connectivity index (χ4n) is 1.65. The van der Waals surface area contributed by atoms with Crippen LogP contribution < -0.4 is 5.32 Å². The van der Waals surface area contributed by atoms with Crippen molar-refractivity contribution in [2.24, 2.45) is 0 Å². The summed E-state index contributed by atoms with van der Waals surface area (Å²) in [5.41, 5.74) is 0. The molecule has 5 nitrogen and oxygen atoms in total. The first-order chi connectivity index (χ1) is 6.68. The van der Waals surface area contributed by atoms with Crippen LogP contribution in [0.25, 0.3) is 0 Å². The third-order valence-electron chi connectivity index (χ3n) is 2.39. The molecule has 2 rings (SSSR count). The Morgan fingerprint density at radius 2 is 2.29 bits per heavy atom. The Hall–Kier alpha value is -1.17. The highest BCUT2D eigenvalue weighted by molar-refractivity contribution is 5.99. The quantitative estimate of drug-likeness (QED) is 0.651. The Kier molecular flexibility index (Phi) is 2.37. The number of halogens is 1. The summed E-state index contributed by atoms with van der Waals surface area (Å²) in [6.45, 7) is 0.384. The van der Waals surface area contributed by atoms with Crippen LogP contribution in [0.3, 0.4) is 0 Å². The van der Waals surface area contributed by atoms with E-state index in [1.165, 1.54) is 4.90 Å². The second kappa shape index (κ2) is 3.53. The molecule has 2 saturated heterocycles. The average molecular weight is 202 g/mol. The molecule has 0 bridgehead atoms. The highest BCUT2D eigenvalue weighted by Crippen LogP contribution is 2.19. The van der Waals surface area contributed by atoms with Crippen molar-refractivity contribution in [1.29, 1.82) is 0 Å². The predicted octanol–water partition coefficient (Wildman–Crippen LogP) is 0.0128. The van der Waals surface area contributed by atoms with Crippen LogP contribution in [0.2, 0.25) is 0 Å². The number of ether oxygens (including phenoxy) is 1. The van der Waals surface area contributed by atoms with Gasteiger partial charge in [0.2, 0.25) is 0 Å². The number of alkyl halides is 1. The van der Waals surface area contributed by atoms with E-state index >= 15 is 0 Å². The molecule has 14 heavy (non-hydrogen) atoms. The van der Waals surface area contributed by atoms with Crippen molar-refractivity contribution in [3.05, 3.63) is 0 Å². The van der Waals surface area contributed by atoms with Crippen molar-refractivity contribution in [1.82, 2.24) is 10.2 Å². The molecule has 78 valence electrons. The number of nitrogens with zero attached hydrogens (tertiary/aromatic N) is 1. The highest BCUT2D eigenvalue weighted by Gasteiger charge is 2.37. The van der Waals surface area contributed by atoms with Crippen molar-refractivity contribution in [3.8, 4) is 0 Å². The number of rotatable bonds is 1. The zero-order valence-corrected chi connectivity index (χ0v) is 7.53. The molecule has 0 saturated carbocycles. The first kappa shape index (κ1) is 9.39. The van der Waals surface area contributed by atoms with E-state index in [-0.39, 0.29) is 12.8 Å². The van der Waals surface area contributed by atoms with Crippen LogP contribution in [0.1, 0.15) is 12.8 Å². The van der Waals surface area contributed by atoms with Gasteiger partial charge in [-0.1, -0.05) is 0 Å². The van der Waals surface area contributed by atoms with E-state index in [1.54, 1.807) is 0 Å². The van der Waals surface area contributed by atoms with Gasteiger partial charge in [0, 0.05) is 6.61 Å². The molecule has 0 aromatic carbocycles. The molecule has 0 radical (unpaired) electrons. The molecule has 2 fully saturated rings. The second-order valence-corrected chi connectivity index (χ2v) is 3.38. The molecule has 2 aliphatic rings. The zero-order valence-electron chi connectivity index (χ0n) is 7.53. The third kappa shape index (κ3) is 1.57. The molecule has 0 aliphatic carbocycles. The fraction of sp³-hybridized carbons (Fsp3) is 0.750. The van der Waals surface area contributed by atoms with Gasteiger partial charge in [-0.05, 0) is 12.8 Å². The van der Waals surface area contributed by atoms with E-state index < -0.39 is 18.1 Å². The van der Waals surface area contributed by atoms with Crippen LogP contribution in [-0.2, 0) is 9.53 Å². The summed E-state index contributed by atoms with van der Waals surface area (Å²) in [6.07, 6.45) is -0.452. The molecule has 1 N–H and O–H groups in total. The summed E-state index contributed by atoms with van der Waals surface area (Å²) >= 11 is 0. The standard InChI is InChI=1S/C8H11FN2O3/c9-5-4-11(6-2-1-3-14-6)8(13)10-7(5)12/h5-6H,1-4H2,(H,10,12,13). The smallest absolute Gasteiger partial charge is 0.326 e. The summed E-state index contributed by atoms with van der Waals surface area (Å²) in [4.78, 5) is 23.3. The van der Waals surface area contributed by atoms with E-state index in [4.69, 9.17) is 4.74 Å². The molecule has 0 aromatic heterocycles. The van der Waals surface area contributed by atoms with Crippen molar-refractivity contribution < 1.29 is 18.7 Å². The number of nitrogens with one attached hydrogen (secondary N) is 1. The fourth-order valence-corrected chi connectivity index (χ4v) is 1.65. The van der Waals surface area contributed by atoms with Gasteiger partial charge in [0.1, 0.15) is 6.23 Å². The molecule has 2 aliphatic heterocycles. The molecule has 3 amide bonds. The topological polar surface area (TPSA) is 58.6 Å². The normalized spacial score (nSPS) is 33.4. The second-order valence-electron chi connectivity index (χ2n) is 3.38. The predicted molar refractivity (Wildman–Crippen MR) is 44.1 cm³/mol. The van der Waals surface area contributed by atoms with E-state index in [0.29, 0.717) is 13.0 Å². The number of hydrogen-bond acceptors (Lipinski definition) is 3. The van der Waals surface area contributed by atoms with Crippen LogP contribution in [-0.4, -0.2) is 42.4 Å². The first-order valence-electron chi connectivity index (χ1n) is 4.55. The summed E-state index contributed by atoms with van der Waals surface area (Å²) in [6, 6.07) is -0.559. The van der Waals surface area contributed by atoms with E-state index in [0.717, 1.165) is 6.42 Å². The number of hydrogen-bond donors (Lipinski definition) is 1. The average Bonchev–Trinajstić information content (AvgIpc) is 2.64. The Bertz CT molecular complexity index is 265. The summed E-state index contributed by atoms with van der Waals surface area (Å²) < 4.78 is 18.2. The van der Waals surface area contributed by atoms with Crippen molar-refractivity contribution in [3.63, 3.8) is 0 Å². The van der Waals surface area contributed by atoms with Gasteiger partial charge in [0.15, 0.2) is 6.17 Å². The summed E-state index contributed by atoms with van der Waals surface area (Å²) in [5.74, 6) is -0.857. The van der Waals surface area contributed by atoms with Crippen LogP contribution in [0.15, 0.2) is 0 Å². The number of urea groups is 1. The van der Waals surface area contributed by atoms with E-state index in [1.807, 2.05) is 5.32 Å². The maximum Gasteiger partial charge on any atom is 0.326 e. The molecule has 2 atom stereocenters. The molecular formula is C8H11FN2O3. The van der Waals surface area contributed by atoms with Gasteiger partial charge in [-0.15, -0.1) is 0 Å². The van der Waals surface area contributed by atoms with Crippen LogP contribution in [0.5, 0.6) is 0 Å². The van der Waals surface area contributed by atoms with Gasteiger partial charge < -0.3 is 4.74 Å². The van der Waals surface area contributed by atoms with E-state index in [2.05, 4.69) is 0 Å². The molecular weight excluding hydrogens is 191 g/mol. The van der Waals surface area contributed by atoms with E-state index in [9.17, 15) is 14.0 Å². The number of amides is 3. The van der Waals surface area contributed by atoms with Crippen LogP contribution in [0, 0.1) is 0 Å². The number of imide groups is 1. The van der Waals surface area contributed by atoms with Gasteiger partial charge in [-0.25, -0.2) is 9.18 Å². The minimum atomic E-state index is -1.64. The van der Waals surface area contributed by atoms with Gasteiger partial charge in [0.25, 0.3) is 5.91 Å². The summed E-state index contributed by atoms with van der Waals surface area (Å²) in [5, 5.41) is 1.95. The number of carbonyl (C=O) groups excluding carboxylic acids is 2. The van der Waals surface area contributed by atoms with Gasteiger partial charge in [-0.3, -0.25) is 15.0 Å². The molecule has 2 heterocycles. The minimum absolute atomic E-state index is 0.199. The number of carbonyl (C=O) groups is 2. The third-order valence-corrected chi connectivity index (χ3v) is 2.39. The maximum atomic E-state index is 13.0. The lowest BCUT2D eigenvalue weighted by atomic mass is 10.2. The molecule has 2 unspecified atom stereocenters. The lowest BCUT2D eigenvalue weighted by molar-refractivity contribution is -0.129. The molecule has 0 aromatic rings. The monoisotopic (exact) mass is 202 g/mol. The van der Waals surface area contributed by atoms with Gasteiger partial charge in [-0.2, -0.15) is 0 Å². The lowest BCUT2D eigenvalue weighted by Crippen LogP contribution is -2.58. The zero-order chi connectivity index (χ0) is 10.1. The van der Waals surface area contributed by atoms with Crippen molar-refractivity contribution in [2.75, 3.05) is 13.2 Å². The Labute approximate surface area is 80.2 Å². The Morgan fingerprint density at radius 3 is 2.93 bits per heavy atom. The van der Waals surface area contributed by atoms with Crippen molar-refractivity contribution >= 4 is 11.9 Å². The Balaban J connectivity index is 2.04. The Morgan fingerprint density at radius 1 is 1.50 bits per heavy atom. The minimum Gasteiger partial charge on any atom is -0.358 e. The SMILES string of the molecule is O=C1NC(=O)N(C2CCCO2)CC1F. The van der Waals surface area contributed by atoms with Gasteiger partial charge >= 0.3 is 6.03 Å². The first-order valence-corrected chi connectivity index (χ1v) is 4.55. The van der Waals surface area contributed by atoms with Gasteiger partial charge in [0.05, 0.1) is 6.54 Å². The van der Waals surface area contributed by atoms with Crippen molar-refractivity contribution in [2.45, 2.75) is 25.2 Å². The van der Waals surface area contributed by atoms with Crippen LogP contribution >= 0.6 is 0 Å². The maximum absolute atomic E-state index is 13.0. The highest BCUT2D eigenvalue weighted by atomic mass is 19.1. The molecule has 6 heteroatoms. The van der Waals surface area contributed by atoms with Crippen LogP contribution in [0.4, 0.5) is 9.18 Å². The lowest BCUT2D eigenvalue weighted by Gasteiger charge is -2.32. The largest absolute Gasteiger partial charge is 0.358 e.